The number of hydrogen-bond donors (Lipinski definition) is 0. The van der Waals surface area contributed by atoms with E-state index in [9.17, 15) is 4.79 Å². The number of aromatic nitrogens is 2. The maximum atomic E-state index is 10.2. The van der Waals surface area contributed by atoms with Crippen molar-refractivity contribution in [1.82, 2.24) is 9.97 Å². The molecule has 0 bridgehead atoms. The SMILES string of the molecule is Cc1cc[c-]c(-c2cc3c(ccc4ccccc43)cn2)c1.[CH2-]O/C(C)=C\C(C)=O.[CH2-]c1ccc(-c2ccccc2)cc1-c1ccc(C(C)(C)C)cn1.[Ir+3]. The zero-order valence-corrected chi connectivity index (χ0v) is 33.6. The normalized spacial score (nSPS) is 11.0. The fourth-order valence-corrected chi connectivity index (χ4v) is 5.72. The van der Waals surface area contributed by atoms with E-state index in [2.05, 4.69) is 172 Å². The van der Waals surface area contributed by atoms with Crippen LogP contribution < -0.4 is 0 Å². The van der Waals surface area contributed by atoms with Gasteiger partial charge in [-0.15, -0.1) is 53.1 Å². The van der Waals surface area contributed by atoms with Crippen LogP contribution in [-0.2, 0) is 35.1 Å². The summed E-state index contributed by atoms with van der Waals surface area (Å²) < 4.78 is 4.45. The van der Waals surface area contributed by atoms with Crippen molar-refractivity contribution < 1.29 is 29.6 Å². The first-order valence-corrected chi connectivity index (χ1v) is 17.3. The van der Waals surface area contributed by atoms with E-state index in [0.717, 1.165) is 28.1 Å². The van der Waals surface area contributed by atoms with Gasteiger partial charge in [-0.3, -0.25) is 9.78 Å². The number of fused-ring (bicyclic) bond motifs is 3. The number of benzene rings is 5. The maximum absolute atomic E-state index is 10.2. The minimum atomic E-state index is -0.0221. The summed E-state index contributed by atoms with van der Waals surface area (Å²) in [7, 11) is 3.12. The number of ether oxygens (including phenoxy) is 1. The van der Waals surface area contributed by atoms with Crippen molar-refractivity contribution in [3.8, 4) is 33.6 Å². The van der Waals surface area contributed by atoms with E-state index in [4.69, 9.17) is 0 Å². The van der Waals surface area contributed by atoms with Crippen LogP contribution in [0.15, 0.2) is 146 Å². The van der Waals surface area contributed by atoms with E-state index in [1.54, 1.807) is 6.92 Å². The molecule has 7 aromatic rings. The average Bonchev–Trinajstić information content (AvgIpc) is 3.15. The maximum Gasteiger partial charge on any atom is 3.00 e. The molecule has 0 N–H and O–H groups in total. The molecule has 0 aliphatic rings. The fourth-order valence-electron chi connectivity index (χ4n) is 5.72. The summed E-state index contributed by atoms with van der Waals surface area (Å²) in [4.78, 5) is 19.5. The monoisotopic (exact) mass is 874 g/mol. The van der Waals surface area contributed by atoms with Gasteiger partial charge in [-0.1, -0.05) is 107 Å². The second-order valence-electron chi connectivity index (χ2n) is 13.8. The van der Waals surface area contributed by atoms with Gasteiger partial charge in [-0.2, -0.15) is 25.7 Å². The van der Waals surface area contributed by atoms with Crippen LogP contribution in [0.25, 0.3) is 55.2 Å². The van der Waals surface area contributed by atoms with Crippen LogP contribution in [0.5, 0.6) is 0 Å². The third-order valence-corrected chi connectivity index (χ3v) is 8.62. The number of rotatable bonds is 5. The first-order valence-electron chi connectivity index (χ1n) is 17.3. The summed E-state index contributed by atoms with van der Waals surface area (Å²) in [6.45, 7) is 16.0. The predicted octanol–water partition coefficient (Wildman–Crippen LogP) is 12.3. The van der Waals surface area contributed by atoms with Gasteiger partial charge in [0, 0.05) is 24.2 Å². The van der Waals surface area contributed by atoms with Crippen LogP contribution in [0.3, 0.4) is 0 Å². The van der Waals surface area contributed by atoms with E-state index >= 15 is 0 Å². The number of ketones is 1. The number of aryl methyl sites for hydroxylation is 1. The van der Waals surface area contributed by atoms with Crippen LogP contribution in [0.4, 0.5) is 0 Å². The van der Waals surface area contributed by atoms with Crippen molar-refractivity contribution in [1.29, 1.82) is 0 Å². The van der Waals surface area contributed by atoms with Crippen molar-refractivity contribution in [2.24, 2.45) is 0 Å². The van der Waals surface area contributed by atoms with Crippen LogP contribution in [0.1, 0.15) is 51.3 Å². The number of hydrogen-bond acceptors (Lipinski definition) is 4. The molecule has 2 heterocycles. The first-order chi connectivity index (χ1) is 24.9. The van der Waals surface area contributed by atoms with Crippen LogP contribution in [0.2, 0.25) is 0 Å². The van der Waals surface area contributed by atoms with Crippen molar-refractivity contribution in [3.05, 3.63) is 182 Å². The van der Waals surface area contributed by atoms with E-state index in [-0.39, 0.29) is 31.3 Å². The molecule has 5 aromatic carbocycles. The smallest absolute Gasteiger partial charge is 0.668 e. The molecule has 2 aromatic heterocycles. The minimum Gasteiger partial charge on any atom is -0.668 e. The number of pyridine rings is 2. The second-order valence-corrected chi connectivity index (χ2v) is 13.8. The quantitative estimate of drug-likeness (QED) is 0.0748. The Morgan fingerprint density at radius 1 is 0.736 bits per heavy atom. The number of carbonyl (C=O) groups excluding carboxylic acids is 1. The molecule has 5 heteroatoms. The molecule has 0 spiro atoms. The molecule has 0 unspecified atom stereocenters. The zero-order chi connectivity index (χ0) is 37.3. The van der Waals surface area contributed by atoms with Gasteiger partial charge in [0.1, 0.15) is 0 Å². The summed E-state index contributed by atoms with van der Waals surface area (Å²) in [6, 6.07) is 45.4. The Kier molecular flexibility index (Phi) is 14.0. The topological polar surface area (TPSA) is 52.1 Å². The van der Waals surface area contributed by atoms with E-state index in [1.165, 1.54) is 56.8 Å². The van der Waals surface area contributed by atoms with Gasteiger partial charge >= 0.3 is 20.1 Å². The molecule has 4 nitrogen and oxygen atoms in total. The average molecular weight is 874 g/mol. The van der Waals surface area contributed by atoms with Crippen LogP contribution in [0, 0.1) is 27.0 Å². The van der Waals surface area contributed by atoms with E-state index in [0.29, 0.717) is 5.76 Å². The van der Waals surface area contributed by atoms with Gasteiger partial charge in [0.25, 0.3) is 0 Å². The minimum absolute atomic E-state index is 0. The molecule has 0 amide bonds. The van der Waals surface area contributed by atoms with Gasteiger partial charge in [0.2, 0.25) is 0 Å². The van der Waals surface area contributed by atoms with Gasteiger partial charge in [-0.25, -0.2) is 0 Å². The molecule has 0 saturated carbocycles. The Hall–Kier alpha value is -5.35. The second kappa shape index (κ2) is 18.4. The standard InChI is InChI=1S/C22H22N.C20H14N.C6H9O2.Ir/c1-16-10-11-18(17-8-6-5-7-9-17)14-20(16)21-13-12-19(15-23-21)22(2,3)4;1-14-5-4-7-16(11-14)20-12-19-17(13-21-20)10-9-15-6-2-3-8-18(15)19;1-5(7)4-6(2)8-3;/h5-15H,1H2,2-4H3;2-6,8-13H,1H3;4H,3H2,1-2H3;/q3*-1;+3/b;;6-4-;. The molecule has 268 valence electrons. The van der Waals surface area contributed by atoms with Crippen molar-refractivity contribution in [3.63, 3.8) is 0 Å². The predicted molar refractivity (Wildman–Crippen MR) is 217 cm³/mol. The third-order valence-electron chi connectivity index (χ3n) is 8.62. The fraction of sp³-hybridized carbons (Fsp3) is 0.146. The summed E-state index contributed by atoms with van der Waals surface area (Å²) in [6.07, 6.45) is 5.31. The molecule has 0 saturated heterocycles. The zero-order valence-electron chi connectivity index (χ0n) is 31.2. The molecule has 0 fully saturated rings. The van der Waals surface area contributed by atoms with Gasteiger partial charge in [0.15, 0.2) is 5.78 Å². The van der Waals surface area contributed by atoms with Gasteiger partial charge < -0.3 is 9.72 Å². The Morgan fingerprint density at radius 2 is 1.43 bits per heavy atom. The van der Waals surface area contributed by atoms with Crippen molar-refractivity contribution in [2.75, 3.05) is 0 Å². The Bertz CT molecular complexity index is 2320. The van der Waals surface area contributed by atoms with E-state index < -0.39 is 0 Å². The molecular weight excluding hydrogens is 829 g/mol. The van der Waals surface area contributed by atoms with Crippen molar-refractivity contribution >= 4 is 27.3 Å². The molecule has 53 heavy (non-hydrogen) atoms. The van der Waals surface area contributed by atoms with E-state index in [1.807, 2.05) is 24.5 Å². The summed E-state index contributed by atoms with van der Waals surface area (Å²) >= 11 is 0. The molecule has 7 rings (SSSR count). The Morgan fingerprint density at radius 3 is 2.08 bits per heavy atom. The molecule has 0 atom stereocenters. The number of nitrogens with zero attached hydrogens (tertiary/aromatic N) is 2. The van der Waals surface area contributed by atoms with Gasteiger partial charge in [-0.05, 0) is 69.3 Å². The molecular formula is C48H45IrN2O2. The van der Waals surface area contributed by atoms with Crippen LogP contribution in [-0.4, -0.2) is 15.8 Å². The molecule has 0 aliphatic carbocycles. The van der Waals surface area contributed by atoms with Crippen LogP contribution >= 0.6 is 0 Å². The largest absolute Gasteiger partial charge is 3.00 e. The van der Waals surface area contributed by atoms with Gasteiger partial charge in [0.05, 0.1) is 5.76 Å². The number of carbonyl (C=O) groups is 1. The summed E-state index contributed by atoms with van der Waals surface area (Å²) in [5.74, 6) is 0.517. The Balaban J connectivity index is 0.000000195. The van der Waals surface area contributed by atoms with Crippen molar-refractivity contribution in [2.45, 2.75) is 47.0 Å². The summed E-state index contributed by atoms with van der Waals surface area (Å²) in [5, 5.41) is 4.94. The molecule has 0 aliphatic heterocycles. The first kappa shape index (κ1) is 40.4. The third kappa shape index (κ3) is 10.8. The Labute approximate surface area is 328 Å². The summed E-state index contributed by atoms with van der Waals surface area (Å²) in [5.41, 5.74) is 10.1. The molecule has 0 radical (unpaired) electrons. The number of allylic oxidation sites excluding steroid dienone is 2.